The minimum absolute atomic E-state index is 0. The number of benzene rings is 1. The van der Waals surface area contributed by atoms with E-state index in [9.17, 15) is 0 Å². The third kappa shape index (κ3) is 4.85. The van der Waals surface area contributed by atoms with Crippen LogP contribution in [-0.2, 0) is 0 Å². The van der Waals surface area contributed by atoms with Gasteiger partial charge in [-0.2, -0.15) is 0 Å². The van der Waals surface area contributed by atoms with Crippen molar-refractivity contribution in [3.8, 4) is 0 Å². The fourth-order valence-electron chi connectivity index (χ4n) is 3.87. The second-order valence-corrected chi connectivity index (χ2v) is 7.00. The Kier molecular flexibility index (Phi) is 9.34. The van der Waals surface area contributed by atoms with Crippen LogP contribution in [-0.4, -0.2) is 31.1 Å². The fourth-order valence-corrected chi connectivity index (χ4v) is 4.39. The third-order valence-corrected chi connectivity index (χ3v) is 5.59. The number of hydrogen-bond donors (Lipinski definition) is 1. The molecular weight excluding hydrogens is 383 g/mol. The van der Waals surface area contributed by atoms with Crippen LogP contribution in [0.15, 0.2) is 28.7 Å². The molecule has 1 heterocycles. The topological polar surface area (TPSA) is 15.3 Å². The van der Waals surface area contributed by atoms with Crippen LogP contribution in [0.3, 0.4) is 0 Å². The average molecular weight is 410 g/mol. The first-order valence-corrected chi connectivity index (χ1v) is 8.85. The predicted octanol–water partition coefficient (Wildman–Crippen LogP) is 4.82. The molecular formula is C17H27BrCl2N2. The van der Waals surface area contributed by atoms with Crippen molar-refractivity contribution in [1.29, 1.82) is 0 Å². The molecule has 1 aliphatic heterocycles. The Hall–Kier alpha value is 0.200. The lowest BCUT2D eigenvalue weighted by Crippen LogP contribution is -2.47. The lowest BCUT2D eigenvalue weighted by atomic mass is 9.80. The highest BCUT2D eigenvalue weighted by Crippen LogP contribution is 2.40. The molecule has 1 saturated heterocycles. The van der Waals surface area contributed by atoms with Crippen LogP contribution >= 0.6 is 40.7 Å². The smallest absolute Gasteiger partial charge is 0.0388 e. The molecule has 0 amide bonds. The summed E-state index contributed by atoms with van der Waals surface area (Å²) in [7, 11) is 0. The summed E-state index contributed by atoms with van der Waals surface area (Å²) in [6.07, 6.45) is 7.06. The van der Waals surface area contributed by atoms with Gasteiger partial charge in [0.05, 0.1) is 0 Å². The predicted molar refractivity (Wildman–Crippen MR) is 102 cm³/mol. The van der Waals surface area contributed by atoms with E-state index in [1.54, 1.807) is 0 Å². The maximum atomic E-state index is 3.79. The van der Waals surface area contributed by atoms with Crippen LogP contribution in [0.1, 0.15) is 43.7 Å². The Morgan fingerprint density at radius 2 is 1.64 bits per heavy atom. The van der Waals surface area contributed by atoms with E-state index in [0.717, 1.165) is 19.0 Å². The molecule has 1 aromatic rings. The van der Waals surface area contributed by atoms with Crippen LogP contribution in [0.4, 0.5) is 0 Å². The van der Waals surface area contributed by atoms with E-state index in [1.807, 2.05) is 0 Å². The Labute approximate surface area is 155 Å². The number of piperazine rings is 1. The Balaban J connectivity index is 0.00000121. The van der Waals surface area contributed by atoms with E-state index in [4.69, 9.17) is 0 Å². The second kappa shape index (κ2) is 10.1. The summed E-state index contributed by atoms with van der Waals surface area (Å²) in [6, 6.07) is 9.45. The van der Waals surface area contributed by atoms with Crippen molar-refractivity contribution in [1.82, 2.24) is 10.2 Å². The highest BCUT2D eigenvalue weighted by molar-refractivity contribution is 9.10. The highest BCUT2D eigenvalue weighted by Gasteiger charge is 2.31. The van der Waals surface area contributed by atoms with Gasteiger partial charge in [-0.1, -0.05) is 53.4 Å². The van der Waals surface area contributed by atoms with Gasteiger partial charge in [0.25, 0.3) is 0 Å². The van der Waals surface area contributed by atoms with Crippen LogP contribution in [0.5, 0.6) is 0 Å². The molecule has 2 aliphatic rings. The van der Waals surface area contributed by atoms with Crippen LogP contribution in [0.2, 0.25) is 0 Å². The lowest BCUT2D eigenvalue weighted by Gasteiger charge is -2.41. The van der Waals surface area contributed by atoms with Crippen molar-refractivity contribution >= 4 is 40.7 Å². The quantitative estimate of drug-likeness (QED) is 0.769. The summed E-state index contributed by atoms with van der Waals surface area (Å²) in [6.45, 7) is 4.63. The largest absolute Gasteiger partial charge is 0.314 e. The summed E-state index contributed by atoms with van der Waals surface area (Å²) in [4.78, 5) is 2.71. The van der Waals surface area contributed by atoms with Gasteiger partial charge < -0.3 is 5.32 Å². The maximum absolute atomic E-state index is 3.79. The highest BCUT2D eigenvalue weighted by atomic mass is 79.9. The van der Waals surface area contributed by atoms with Gasteiger partial charge in [0.15, 0.2) is 0 Å². The van der Waals surface area contributed by atoms with E-state index in [1.165, 1.54) is 55.2 Å². The Bertz CT molecular complexity index is 414. The molecule has 2 nitrogen and oxygen atoms in total. The maximum Gasteiger partial charge on any atom is 0.0388 e. The first-order chi connectivity index (χ1) is 9.86. The summed E-state index contributed by atoms with van der Waals surface area (Å²) < 4.78 is 1.29. The zero-order chi connectivity index (χ0) is 13.8. The Morgan fingerprint density at radius 1 is 1.00 bits per heavy atom. The van der Waals surface area contributed by atoms with E-state index in [2.05, 4.69) is 50.4 Å². The van der Waals surface area contributed by atoms with Crippen molar-refractivity contribution in [3.63, 3.8) is 0 Å². The molecule has 1 atom stereocenters. The van der Waals surface area contributed by atoms with Gasteiger partial charge in [-0.15, -0.1) is 24.8 Å². The Morgan fingerprint density at radius 3 is 2.27 bits per heavy atom. The number of hydrogen-bond acceptors (Lipinski definition) is 2. The first kappa shape index (κ1) is 20.2. The van der Waals surface area contributed by atoms with Crippen molar-refractivity contribution in [2.45, 2.75) is 38.1 Å². The summed E-state index contributed by atoms with van der Waals surface area (Å²) in [5.41, 5.74) is 1.50. The molecule has 3 rings (SSSR count). The zero-order valence-electron chi connectivity index (χ0n) is 13.0. The van der Waals surface area contributed by atoms with Crippen LogP contribution < -0.4 is 5.32 Å². The van der Waals surface area contributed by atoms with Gasteiger partial charge in [-0.3, -0.25) is 4.90 Å². The van der Waals surface area contributed by atoms with E-state index < -0.39 is 0 Å². The molecule has 1 aliphatic carbocycles. The minimum Gasteiger partial charge on any atom is -0.314 e. The van der Waals surface area contributed by atoms with Crippen molar-refractivity contribution in [3.05, 3.63) is 34.3 Å². The monoisotopic (exact) mass is 408 g/mol. The molecule has 1 aromatic carbocycles. The van der Waals surface area contributed by atoms with Crippen LogP contribution in [0, 0.1) is 5.92 Å². The van der Waals surface area contributed by atoms with E-state index in [0.29, 0.717) is 6.04 Å². The summed E-state index contributed by atoms with van der Waals surface area (Å²) >= 11 is 3.79. The molecule has 5 heteroatoms. The van der Waals surface area contributed by atoms with E-state index >= 15 is 0 Å². The number of nitrogens with one attached hydrogen (secondary N) is 1. The third-order valence-electron chi connectivity index (χ3n) is 4.87. The molecule has 0 unspecified atom stereocenters. The fraction of sp³-hybridized carbons (Fsp3) is 0.647. The molecule has 22 heavy (non-hydrogen) atoms. The number of rotatable bonds is 3. The zero-order valence-corrected chi connectivity index (χ0v) is 16.2. The molecule has 1 N–H and O–H groups in total. The molecule has 0 aromatic heterocycles. The summed E-state index contributed by atoms with van der Waals surface area (Å²) in [5, 5.41) is 3.49. The molecule has 2 fully saturated rings. The van der Waals surface area contributed by atoms with Crippen LogP contribution in [0.25, 0.3) is 0 Å². The van der Waals surface area contributed by atoms with Gasteiger partial charge in [-0.25, -0.2) is 0 Å². The minimum atomic E-state index is 0. The second-order valence-electron chi connectivity index (χ2n) is 6.15. The number of halogens is 3. The SMILES string of the molecule is Brc1ccccc1[C@H](C1CCCCC1)N1CCNCC1.Cl.Cl. The molecule has 1 saturated carbocycles. The summed E-state index contributed by atoms with van der Waals surface area (Å²) in [5.74, 6) is 0.834. The van der Waals surface area contributed by atoms with Gasteiger partial charge in [0.2, 0.25) is 0 Å². The van der Waals surface area contributed by atoms with Gasteiger partial charge in [0.1, 0.15) is 0 Å². The van der Waals surface area contributed by atoms with Crippen molar-refractivity contribution < 1.29 is 0 Å². The van der Waals surface area contributed by atoms with E-state index in [-0.39, 0.29) is 24.8 Å². The van der Waals surface area contributed by atoms with Gasteiger partial charge in [-0.05, 0) is 30.4 Å². The van der Waals surface area contributed by atoms with Gasteiger partial charge >= 0.3 is 0 Å². The van der Waals surface area contributed by atoms with Crippen molar-refractivity contribution in [2.75, 3.05) is 26.2 Å². The van der Waals surface area contributed by atoms with Crippen molar-refractivity contribution in [2.24, 2.45) is 5.92 Å². The lowest BCUT2D eigenvalue weighted by molar-refractivity contribution is 0.103. The number of nitrogens with zero attached hydrogens (tertiary/aromatic N) is 1. The average Bonchev–Trinajstić information content (AvgIpc) is 2.52. The first-order valence-electron chi connectivity index (χ1n) is 8.05. The van der Waals surface area contributed by atoms with Gasteiger partial charge in [0, 0.05) is 36.7 Å². The molecule has 0 spiro atoms. The molecule has 0 bridgehead atoms. The standard InChI is InChI=1S/C17H25BrN2.2ClH/c18-16-9-5-4-8-15(16)17(14-6-2-1-3-7-14)20-12-10-19-11-13-20;;/h4-5,8-9,14,17,19H,1-3,6-7,10-13H2;2*1H/t17-;;/m0../s1. The normalized spacial score (nSPS) is 21.5. The molecule has 126 valence electrons. The molecule has 0 radical (unpaired) electrons.